The van der Waals surface area contributed by atoms with Crippen LogP contribution in [0.5, 0.6) is 0 Å². The molecular formula is C21H12ClN3O. The fourth-order valence-corrected chi connectivity index (χ4v) is 3.41. The van der Waals surface area contributed by atoms with E-state index >= 15 is 0 Å². The maximum atomic E-state index is 13.2. The quantitative estimate of drug-likeness (QED) is 0.322. The molecule has 0 saturated heterocycles. The van der Waals surface area contributed by atoms with Crippen molar-refractivity contribution in [2.24, 2.45) is 0 Å². The van der Waals surface area contributed by atoms with Crippen LogP contribution in [0, 0.1) is 0 Å². The number of nitrogens with zero attached hydrogens (tertiary/aromatic N) is 3. The molecule has 0 unspecified atom stereocenters. The van der Waals surface area contributed by atoms with Crippen molar-refractivity contribution in [2.45, 2.75) is 0 Å². The number of rotatable bonds is 1. The van der Waals surface area contributed by atoms with E-state index < -0.39 is 0 Å². The van der Waals surface area contributed by atoms with Gasteiger partial charge in [-0.15, -0.1) is 0 Å². The monoisotopic (exact) mass is 357 g/mol. The van der Waals surface area contributed by atoms with Crippen LogP contribution in [0.15, 0.2) is 77.7 Å². The third-order valence-electron chi connectivity index (χ3n) is 4.50. The molecule has 0 saturated carbocycles. The molecule has 3 aromatic heterocycles. The number of hydrogen-bond donors (Lipinski definition) is 0. The maximum absolute atomic E-state index is 13.2. The van der Waals surface area contributed by atoms with E-state index in [0.717, 1.165) is 16.5 Å². The molecule has 0 aliphatic rings. The zero-order valence-corrected chi connectivity index (χ0v) is 14.3. The van der Waals surface area contributed by atoms with Gasteiger partial charge in [0.25, 0.3) is 5.56 Å². The first-order valence-corrected chi connectivity index (χ1v) is 8.55. The van der Waals surface area contributed by atoms with Gasteiger partial charge in [0.05, 0.1) is 10.9 Å². The highest BCUT2D eigenvalue weighted by Gasteiger charge is 2.14. The molecule has 0 N–H and O–H groups in total. The van der Waals surface area contributed by atoms with Gasteiger partial charge in [0.2, 0.25) is 0 Å². The lowest BCUT2D eigenvalue weighted by Gasteiger charge is -2.12. The van der Waals surface area contributed by atoms with Crippen molar-refractivity contribution >= 4 is 39.2 Å². The standard InChI is InChI=1S/C21H12ClN3O/c22-15-9-7-13(8-10-15)17-12-14-4-3-11-23-19(14)25-20(17)24-18-6-2-1-5-16(18)21(25)26/h1-12H. The van der Waals surface area contributed by atoms with Gasteiger partial charge in [-0.3, -0.25) is 4.79 Å². The number of halogens is 1. The molecule has 0 radical (unpaired) electrons. The Morgan fingerprint density at radius 2 is 1.69 bits per heavy atom. The summed E-state index contributed by atoms with van der Waals surface area (Å²) in [5.41, 5.74) is 3.55. The number of pyridine rings is 2. The van der Waals surface area contributed by atoms with Crippen molar-refractivity contribution < 1.29 is 0 Å². The summed E-state index contributed by atoms with van der Waals surface area (Å²) in [7, 11) is 0. The van der Waals surface area contributed by atoms with Crippen LogP contribution in [-0.2, 0) is 0 Å². The second-order valence-electron chi connectivity index (χ2n) is 6.07. The molecule has 5 rings (SSSR count). The van der Waals surface area contributed by atoms with Crippen molar-refractivity contribution in [3.05, 3.63) is 88.3 Å². The minimum absolute atomic E-state index is 0.120. The van der Waals surface area contributed by atoms with Crippen LogP contribution < -0.4 is 5.56 Å². The summed E-state index contributed by atoms with van der Waals surface area (Å²) in [6, 6.07) is 20.7. The molecule has 3 heterocycles. The van der Waals surface area contributed by atoms with Crippen molar-refractivity contribution in [1.82, 2.24) is 14.4 Å². The first-order chi connectivity index (χ1) is 12.7. The molecule has 0 aliphatic heterocycles. The van der Waals surface area contributed by atoms with E-state index in [1.807, 2.05) is 60.7 Å². The molecule has 26 heavy (non-hydrogen) atoms. The van der Waals surface area contributed by atoms with Gasteiger partial charge in [-0.25, -0.2) is 14.4 Å². The Kier molecular flexibility index (Phi) is 3.27. The molecule has 0 bridgehead atoms. The molecule has 0 spiro atoms. The van der Waals surface area contributed by atoms with E-state index in [0.29, 0.717) is 27.2 Å². The van der Waals surface area contributed by atoms with E-state index in [1.54, 1.807) is 16.7 Å². The van der Waals surface area contributed by atoms with Crippen LogP contribution >= 0.6 is 11.6 Å². The summed E-state index contributed by atoms with van der Waals surface area (Å²) in [6.07, 6.45) is 1.69. The third-order valence-corrected chi connectivity index (χ3v) is 4.75. The molecule has 2 aromatic carbocycles. The maximum Gasteiger partial charge on any atom is 0.267 e. The molecule has 0 amide bonds. The van der Waals surface area contributed by atoms with Crippen LogP contribution in [-0.4, -0.2) is 14.4 Å². The van der Waals surface area contributed by atoms with E-state index in [4.69, 9.17) is 16.6 Å². The summed E-state index contributed by atoms with van der Waals surface area (Å²) in [4.78, 5) is 22.4. The molecular weight excluding hydrogens is 346 g/mol. The molecule has 0 atom stereocenters. The van der Waals surface area contributed by atoms with E-state index in [2.05, 4.69) is 4.98 Å². The predicted octanol–water partition coefficient (Wildman–Crippen LogP) is 4.72. The minimum Gasteiger partial charge on any atom is -0.268 e. The zero-order chi connectivity index (χ0) is 17.7. The van der Waals surface area contributed by atoms with Crippen LogP contribution in [0.1, 0.15) is 0 Å². The van der Waals surface area contributed by atoms with Gasteiger partial charge in [0.1, 0.15) is 11.3 Å². The molecule has 5 aromatic rings. The predicted molar refractivity (Wildman–Crippen MR) is 105 cm³/mol. The summed E-state index contributed by atoms with van der Waals surface area (Å²) < 4.78 is 1.60. The van der Waals surface area contributed by atoms with Gasteiger partial charge < -0.3 is 0 Å². The number of fused-ring (bicyclic) bond motifs is 4. The van der Waals surface area contributed by atoms with Crippen molar-refractivity contribution in [3.8, 4) is 11.1 Å². The molecule has 5 heteroatoms. The summed E-state index contributed by atoms with van der Waals surface area (Å²) in [5.74, 6) is 0. The van der Waals surface area contributed by atoms with Gasteiger partial charge in [-0.2, -0.15) is 0 Å². The fourth-order valence-electron chi connectivity index (χ4n) is 3.28. The average Bonchev–Trinajstić information content (AvgIpc) is 2.68. The Labute approximate surface area is 153 Å². The third kappa shape index (κ3) is 2.20. The van der Waals surface area contributed by atoms with E-state index in [1.165, 1.54) is 0 Å². The van der Waals surface area contributed by atoms with Crippen LogP contribution in [0.25, 0.3) is 38.7 Å². The van der Waals surface area contributed by atoms with Gasteiger partial charge in [-0.05, 0) is 48.0 Å². The number of para-hydroxylation sites is 1. The van der Waals surface area contributed by atoms with E-state index in [-0.39, 0.29) is 5.56 Å². The van der Waals surface area contributed by atoms with Crippen molar-refractivity contribution in [1.29, 1.82) is 0 Å². The average molecular weight is 358 g/mol. The number of aromatic nitrogens is 3. The minimum atomic E-state index is -0.120. The Bertz CT molecular complexity index is 1360. The van der Waals surface area contributed by atoms with Gasteiger partial charge >= 0.3 is 0 Å². The Morgan fingerprint density at radius 1 is 0.885 bits per heavy atom. The highest BCUT2D eigenvalue weighted by molar-refractivity contribution is 6.30. The lowest BCUT2D eigenvalue weighted by molar-refractivity contribution is 1.10. The van der Waals surface area contributed by atoms with Crippen molar-refractivity contribution in [3.63, 3.8) is 0 Å². The van der Waals surface area contributed by atoms with Crippen LogP contribution in [0.3, 0.4) is 0 Å². The molecule has 0 fully saturated rings. The van der Waals surface area contributed by atoms with Gasteiger partial charge in [-0.1, -0.05) is 35.9 Å². The second kappa shape index (κ2) is 5.64. The Hall–Kier alpha value is -3.24. The smallest absolute Gasteiger partial charge is 0.267 e. The number of hydrogen-bond acceptors (Lipinski definition) is 3. The van der Waals surface area contributed by atoms with Gasteiger partial charge in [0.15, 0.2) is 0 Å². The summed E-state index contributed by atoms with van der Waals surface area (Å²) in [5, 5.41) is 2.12. The fraction of sp³-hybridized carbons (Fsp3) is 0. The van der Waals surface area contributed by atoms with Crippen LogP contribution in [0.2, 0.25) is 5.02 Å². The lowest BCUT2D eigenvalue weighted by Crippen LogP contribution is -2.17. The summed E-state index contributed by atoms with van der Waals surface area (Å²) in [6.45, 7) is 0. The normalized spacial score (nSPS) is 11.4. The topological polar surface area (TPSA) is 47.3 Å². The zero-order valence-electron chi connectivity index (χ0n) is 13.6. The molecule has 0 aliphatic carbocycles. The van der Waals surface area contributed by atoms with E-state index in [9.17, 15) is 4.79 Å². The Balaban J connectivity index is 2.04. The second-order valence-corrected chi connectivity index (χ2v) is 6.51. The number of benzene rings is 2. The Morgan fingerprint density at radius 3 is 2.54 bits per heavy atom. The SMILES string of the molecule is O=c1c2ccccc2nc2c(-c3ccc(Cl)cc3)cc3cccnc3n12. The highest BCUT2D eigenvalue weighted by Crippen LogP contribution is 2.29. The first-order valence-electron chi connectivity index (χ1n) is 8.17. The highest BCUT2D eigenvalue weighted by atomic mass is 35.5. The van der Waals surface area contributed by atoms with Gasteiger partial charge in [0, 0.05) is 22.2 Å². The molecule has 4 nitrogen and oxygen atoms in total. The largest absolute Gasteiger partial charge is 0.268 e. The van der Waals surface area contributed by atoms with Crippen LogP contribution in [0.4, 0.5) is 0 Å². The summed E-state index contributed by atoms with van der Waals surface area (Å²) >= 11 is 6.03. The first kappa shape index (κ1) is 15.0. The molecule has 124 valence electrons. The lowest BCUT2D eigenvalue weighted by atomic mass is 10.0. The van der Waals surface area contributed by atoms with Crippen molar-refractivity contribution in [2.75, 3.05) is 0 Å².